The normalized spacial score (nSPS) is 13.4. The molecule has 2 nitrogen and oxygen atoms in total. The minimum absolute atomic E-state index is 0.281. The molecule has 1 N–H and O–H groups in total. The van der Waals surface area contributed by atoms with Gasteiger partial charge >= 0.3 is 0 Å². The van der Waals surface area contributed by atoms with E-state index in [2.05, 4.69) is 17.2 Å². The van der Waals surface area contributed by atoms with E-state index in [0.29, 0.717) is 0 Å². The van der Waals surface area contributed by atoms with Gasteiger partial charge in [0.25, 0.3) is 0 Å². The second-order valence-corrected chi connectivity index (χ2v) is 4.59. The number of benzene rings is 1. The quantitative estimate of drug-likeness (QED) is 0.851. The number of hydrogen-bond donors (Lipinski definition) is 1. The average molecular weight is 227 g/mol. The maximum atomic E-state index is 6.07. The molecule has 14 heavy (non-hydrogen) atoms. The molecule has 2 rings (SSSR count). The maximum absolute atomic E-state index is 6.07. The van der Waals surface area contributed by atoms with Gasteiger partial charge in [0.1, 0.15) is 5.01 Å². The molecule has 1 unspecified atom stereocenters. The Hall–Kier alpha value is -0.640. The van der Waals surface area contributed by atoms with Crippen LogP contribution in [0.1, 0.15) is 18.0 Å². The molecule has 4 heteroatoms. The molecule has 2 aromatic rings. The summed E-state index contributed by atoms with van der Waals surface area (Å²) in [6, 6.07) is 6.10. The predicted molar refractivity (Wildman–Crippen MR) is 62.1 cm³/mol. The van der Waals surface area contributed by atoms with Gasteiger partial charge in [0.05, 0.1) is 21.3 Å². The van der Waals surface area contributed by atoms with Crippen LogP contribution >= 0.6 is 22.9 Å². The summed E-state index contributed by atoms with van der Waals surface area (Å²) in [6.07, 6.45) is 0. The van der Waals surface area contributed by atoms with Crippen LogP contribution in [0.5, 0.6) is 0 Å². The van der Waals surface area contributed by atoms with E-state index in [1.54, 1.807) is 11.3 Å². The van der Waals surface area contributed by atoms with Gasteiger partial charge in [-0.15, -0.1) is 11.3 Å². The molecule has 1 aromatic heterocycles. The number of thiazole rings is 1. The smallest absolute Gasteiger partial charge is 0.111 e. The van der Waals surface area contributed by atoms with Crippen molar-refractivity contribution in [3.63, 3.8) is 0 Å². The first-order valence-electron chi connectivity index (χ1n) is 4.44. The van der Waals surface area contributed by atoms with E-state index < -0.39 is 0 Å². The van der Waals surface area contributed by atoms with Gasteiger partial charge in [-0.1, -0.05) is 17.7 Å². The SMILES string of the molecule is CNC(C)c1nc2cccc(Cl)c2s1. The minimum atomic E-state index is 0.281. The third-order valence-corrected chi connectivity index (χ3v) is 3.90. The molecular formula is C10H11ClN2S. The molecule has 0 radical (unpaired) electrons. The lowest BCUT2D eigenvalue weighted by atomic mass is 10.3. The van der Waals surface area contributed by atoms with Crippen LogP contribution in [-0.2, 0) is 0 Å². The van der Waals surface area contributed by atoms with Crippen LogP contribution in [0.3, 0.4) is 0 Å². The van der Waals surface area contributed by atoms with Crippen LogP contribution in [0.4, 0.5) is 0 Å². The van der Waals surface area contributed by atoms with Crippen molar-refractivity contribution in [3.8, 4) is 0 Å². The Labute approximate surface area is 91.9 Å². The number of aromatic nitrogens is 1. The number of rotatable bonds is 2. The topological polar surface area (TPSA) is 24.9 Å². The third kappa shape index (κ3) is 1.63. The van der Waals surface area contributed by atoms with Gasteiger partial charge in [0.15, 0.2) is 0 Å². The minimum Gasteiger partial charge on any atom is -0.311 e. The number of nitrogens with zero attached hydrogens (tertiary/aromatic N) is 1. The highest BCUT2D eigenvalue weighted by atomic mass is 35.5. The maximum Gasteiger partial charge on any atom is 0.111 e. The van der Waals surface area contributed by atoms with Crippen LogP contribution in [0.2, 0.25) is 5.02 Å². The molecule has 0 aliphatic carbocycles. The zero-order valence-electron chi connectivity index (χ0n) is 8.04. The van der Waals surface area contributed by atoms with Gasteiger partial charge in [0.2, 0.25) is 0 Å². The van der Waals surface area contributed by atoms with Gasteiger partial charge in [-0.3, -0.25) is 0 Å². The molecule has 0 fully saturated rings. The highest BCUT2D eigenvalue weighted by Gasteiger charge is 2.10. The Bertz CT molecular complexity index is 452. The van der Waals surface area contributed by atoms with Crippen LogP contribution < -0.4 is 5.32 Å². The van der Waals surface area contributed by atoms with E-state index >= 15 is 0 Å². The Balaban J connectivity index is 2.56. The van der Waals surface area contributed by atoms with Gasteiger partial charge in [-0.05, 0) is 26.1 Å². The van der Waals surface area contributed by atoms with Crippen molar-refractivity contribution in [1.29, 1.82) is 0 Å². The van der Waals surface area contributed by atoms with E-state index in [9.17, 15) is 0 Å². The number of hydrogen-bond acceptors (Lipinski definition) is 3. The molecular weight excluding hydrogens is 216 g/mol. The van der Waals surface area contributed by atoms with Crippen molar-refractivity contribution in [2.45, 2.75) is 13.0 Å². The van der Waals surface area contributed by atoms with Gasteiger partial charge in [-0.25, -0.2) is 4.98 Å². The first-order chi connectivity index (χ1) is 6.72. The molecule has 74 valence electrons. The van der Waals surface area contributed by atoms with Crippen LogP contribution in [0, 0.1) is 0 Å². The van der Waals surface area contributed by atoms with Gasteiger partial charge in [0, 0.05) is 0 Å². The first kappa shape index (κ1) is 9.90. The second kappa shape index (κ2) is 3.85. The van der Waals surface area contributed by atoms with Crippen molar-refractivity contribution in [2.75, 3.05) is 7.05 Å². The van der Waals surface area contributed by atoms with Gasteiger partial charge in [-0.2, -0.15) is 0 Å². The number of nitrogens with one attached hydrogen (secondary N) is 1. The molecule has 1 heterocycles. The van der Waals surface area contributed by atoms with Crippen LogP contribution in [0.15, 0.2) is 18.2 Å². The van der Waals surface area contributed by atoms with Crippen LogP contribution in [0.25, 0.3) is 10.2 Å². The average Bonchev–Trinajstić information content (AvgIpc) is 2.62. The molecule has 1 atom stereocenters. The summed E-state index contributed by atoms with van der Waals surface area (Å²) in [4.78, 5) is 4.52. The zero-order chi connectivity index (χ0) is 10.1. The Morgan fingerprint density at radius 1 is 1.50 bits per heavy atom. The third-order valence-electron chi connectivity index (χ3n) is 2.19. The zero-order valence-corrected chi connectivity index (χ0v) is 9.62. The molecule has 0 saturated heterocycles. The fraction of sp³-hybridized carbons (Fsp3) is 0.300. The number of halogens is 1. The summed E-state index contributed by atoms with van der Waals surface area (Å²) in [5, 5.41) is 5.03. The van der Waals surface area contributed by atoms with E-state index in [4.69, 9.17) is 11.6 Å². The summed E-state index contributed by atoms with van der Waals surface area (Å²) in [6.45, 7) is 2.09. The molecule has 0 aliphatic rings. The standard InChI is InChI=1S/C10H11ClN2S/c1-6(12-2)10-13-8-5-3-4-7(11)9(8)14-10/h3-6,12H,1-2H3. The summed E-state index contributed by atoms with van der Waals surface area (Å²) in [5.74, 6) is 0. The fourth-order valence-electron chi connectivity index (χ4n) is 1.24. The van der Waals surface area contributed by atoms with Crippen molar-refractivity contribution in [2.24, 2.45) is 0 Å². The molecule has 0 amide bonds. The van der Waals surface area contributed by atoms with Crippen molar-refractivity contribution >= 4 is 33.2 Å². The lowest BCUT2D eigenvalue weighted by Gasteiger charge is -2.03. The van der Waals surface area contributed by atoms with Gasteiger partial charge < -0.3 is 5.32 Å². The largest absolute Gasteiger partial charge is 0.311 e. The summed E-state index contributed by atoms with van der Waals surface area (Å²) in [5.41, 5.74) is 0.986. The number of fused-ring (bicyclic) bond motifs is 1. The summed E-state index contributed by atoms with van der Waals surface area (Å²) >= 11 is 7.72. The van der Waals surface area contributed by atoms with E-state index in [0.717, 1.165) is 20.2 Å². The highest BCUT2D eigenvalue weighted by Crippen LogP contribution is 2.31. The molecule has 0 bridgehead atoms. The molecule has 0 saturated carbocycles. The summed E-state index contributed by atoms with van der Waals surface area (Å²) in [7, 11) is 1.93. The second-order valence-electron chi connectivity index (χ2n) is 3.15. The predicted octanol–water partition coefficient (Wildman–Crippen LogP) is 3.23. The highest BCUT2D eigenvalue weighted by molar-refractivity contribution is 7.19. The molecule has 1 aromatic carbocycles. The summed E-state index contributed by atoms with van der Waals surface area (Å²) < 4.78 is 1.08. The fourth-order valence-corrected chi connectivity index (χ4v) is 2.56. The monoisotopic (exact) mass is 226 g/mol. The van der Waals surface area contributed by atoms with E-state index in [-0.39, 0.29) is 6.04 Å². The molecule has 0 aliphatic heterocycles. The Morgan fingerprint density at radius 3 is 2.93 bits per heavy atom. The van der Waals surface area contributed by atoms with E-state index in [1.807, 2.05) is 25.2 Å². The lowest BCUT2D eigenvalue weighted by molar-refractivity contribution is 0.649. The Kier molecular flexibility index (Phi) is 2.72. The molecule has 0 spiro atoms. The van der Waals surface area contributed by atoms with Crippen molar-refractivity contribution in [3.05, 3.63) is 28.2 Å². The lowest BCUT2D eigenvalue weighted by Crippen LogP contribution is -2.11. The van der Waals surface area contributed by atoms with E-state index in [1.165, 1.54) is 0 Å². The first-order valence-corrected chi connectivity index (χ1v) is 5.64. The Morgan fingerprint density at radius 2 is 2.29 bits per heavy atom. The van der Waals surface area contributed by atoms with Crippen molar-refractivity contribution < 1.29 is 0 Å². The van der Waals surface area contributed by atoms with Crippen molar-refractivity contribution in [1.82, 2.24) is 10.3 Å². The van der Waals surface area contributed by atoms with Crippen LogP contribution in [-0.4, -0.2) is 12.0 Å².